The van der Waals surface area contributed by atoms with Crippen molar-refractivity contribution in [3.63, 3.8) is 0 Å². The summed E-state index contributed by atoms with van der Waals surface area (Å²) in [4.78, 5) is 0. The van der Waals surface area contributed by atoms with Gasteiger partial charge in [0.1, 0.15) is 6.10 Å². The third-order valence-electron chi connectivity index (χ3n) is 3.55. The van der Waals surface area contributed by atoms with Gasteiger partial charge in [0.05, 0.1) is 0 Å². The summed E-state index contributed by atoms with van der Waals surface area (Å²) >= 11 is 3.52. The highest BCUT2D eigenvalue weighted by Crippen LogP contribution is 2.29. The number of hydrogen-bond acceptors (Lipinski definition) is 1. The van der Waals surface area contributed by atoms with Crippen LogP contribution in [0.4, 0.5) is 0 Å². The van der Waals surface area contributed by atoms with Crippen molar-refractivity contribution in [2.45, 2.75) is 33.3 Å². The summed E-state index contributed by atoms with van der Waals surface area (Å²) in [6, 6.07) is 12.3. The van der Waals surface area contributed by atoms with Crippen LogP contribution in [-0.4, -0.2) is 5.11 Å². The number of aryl methyl sites for hydroxylation is 3. The highest BCUT2D eigenvalue weighted by molar-refractivity contribution is 9.10. The van der Waals surface area contributed by atoms with E-state index in [1.165, 1.54) is 5.56 Å². The highest BCUT2D eigenvalue weighted by atomic mass is 79.9. The number of rotatable bonds is 3. The molecule has 0 amide bonds. The lowest BCUT2D eigenvalue weighted by molar-refractivity contribution is 0.219. The van der Waals surface area contributed by atoms with E-state index in [0.29, 0.717) is 0 Å². The maximum Gasteiger partial charge on any atom is 0.104 e. The molecule has 0 heterocycles. The summed E-state index contributed by atoms with van der Waals surface area (Å²) in [6.45, 7) is 6.21. The molecule has 2 aromatic rings. The van der Waals surface area contributed by atoms with E-state index in [1.54, 1.807) is 0 Å². The molecule has 1 nitrogen and oxygen atoms in total. The summed E-state index contributed by atoms with van der Waals surface area (Å²) in [5.74, 6) is 0. The Kier molecular flexibility index (Phi) is 4.43. The molecule has 100 valence electrons. The predicted molar refractivity (Wildman–Crippen MR) is 83.5 cm³/mol. The van der Waals surface area contributed by atoms with Gasteiger partial charge in [-0.3, -0.25) is 0 Å². The van der Waals surface area contributed by atoms with Crippen molar-refractivity contribution in [1.82, 2.24) is 0 Å². The number of halogens is 1. The van der Waals surface area contributed by atoms with Crippen molar-refractivity contribution >= 4 is 15.9 Å². The normalized spacial score (nSPS) is 12.5. The molecule has 0 fully saturated rings. The predicted octanol–water partition coefficient (Wildman–Crippen LogP) is 4.71. The fourth-order valence-corrected chi connectivity index (χ4v) is 2.67. The smallest absolute Gasteiger partial charge is 0.104 e. The summed E-state index contributed by atoms with van der Waals surface area (Å²) in [5.41, 5.74) is 5.46. The maximum atomic E-state index is 10.5. The van der Waals surface area contributed by atoms with Crippen LogP contribution < -0.4 is 0 Å². The number of benzene rings is 2. The van der Waals surface area contributed by atoms with Crippen molar-refractivity contribution in [3.05, 3.63) is 68.7 Å². The minimum atomic E-state index is -0.558. The standard InChI is InChI=1S/C17H19BrO/c1-4-13-5-7-14(8-6-13)17(19)15-9-12(3)16(18)10-11(15)2/h5-10,17,19H,4H2,1-3H3. The molecule has 0 spiro atoms. The van der Waals surface area contributed by atoms with E-state index < -0.39 is 6.10 Å². The average molecular weight is 319 g/mol. The molecule has 0 aliphatic heterocycles. The van der Waals surface area contributed by atoms with Gasteiger partial charge < -0.3 is 5.11 Å². The Labute approximate surface area is 123 Å². The zero-order chi connectivity index (χ0) is 14.0. The van der Waals surface area contributed by atoms with Gasteiger partial charge in [0.15, 0.2) is 0 Å². The minimum Gasteiger partial charge on any atom is -0.384 e. The molecule has 19 heavy (non-hydrogen) atoms. The summed E-state index contributed by atoms with van der Waals surface area (Å²) in [6.07, 6.45) is 0.463. The van der Waals surface area contributed by atoms with E-state index in [2.05, 4.69) is 47.1 Å². The molecule has 0 aliphatic rings. The highest BCUT2D eigenvalue weighted by Gasteiger charge is 2.14. The van der Waals surface area contributed by atoms with Crippen LogP contribution in [0.25, 0.3) is 0 Å². The van der Waals surface area contributed by atoms with Gasteiger partial charge in [-0.15, -0.1) is 0 Å². The molecule has 0 aromatic heterocycles. The number of aliphatic hydroxyl groups is 1. The van der Waals surface area contributed by atoms with E-state index in [4.69, 9.17) is 0 Å². The van der Waals surface area contributed by atoms with Gasteiger partial charge >= 0.3 is 0 Å². The van der Waals surface area contributed by atoms with Crippen LogP contribution in [0.2, 0.25) is 0 Å². The van der Waals surface area contributed by atoms with E-state index in [0.717, 1.165) is 33.1 Å². The first-order chi connectivity index (χ1) is 9.02. The fraction of sp³-hybridized carbons (Fsp3) is 0.294. The second-order valence-corrected chi connectivity index (χ2v) is 5.81. The zero-order valence-corrected chi connectivity index (χ0v) is 13.2. The number of aliphatic hydroxyl groups excluding tert-OH is 1. The first-order valence-electron chi connectivity index (χ1n) is 6.56. The van der Waals surface area contributed by atoms with Gasteiger partial charge in [0.25, 0.3) is 0 Å². The first kappa shape index (κ1) is 14.3. The molecule has 1 atom stereocenters. The average Bonchev–Trinajstić information content (AvgIpc) is 2.42. The lowest BCUT2D eigenvalue weighted by Crippen LogP contribution is -2.03. The Morgan fingerprint density at radius 3 is 2.26 bits per heavy atom. The Morgan fingerprint density at radius 1 is 1.05 bits per heavy atom. The molecule has 1 N–H and O–H groups in total. The summed E-state index contributed by atoms with van der Waals surface area (Å²) in [7, 11) is 0. The van der Waals surface area contributed by atoms with Crippen molar-refractivity contribution in [1.29, 1.82) is 0 Å². The summed E-state index contributed by atoms with van der Waals surface area (Å²) in [5, 5.41) is 10.5. The van der Waals surface area contributed by atoms with Gasteiger partial charge in [0, 0.05) is 4.47 Å². The van der Waals surface area contributed by atoms with Crippen molar-refractivity contribution in [2.75, 3.05) is 0 Å². The van der Waals surface area contributed by atoms with Crippen LogP contribution in [0, 0.1) is 13.8 Å². The third-order valence-corrected chi connectivity index (χ3v) is 4.40. The van der Waals surface area contributed by atoms with Gasteiger partial charge in [-0.2, -0.15) is 0 Å². The molecule has 2 heteroatoms. The first-order valence-corrected chi connectivity index (χ1v) is 7.35. The van der Waals surface area contributed by atoms with E-state index >= 15 is 0 Å². The Morgan fingerprint density at radius 2 is 1.68 bits per heavy atom. The monoisotopic (exact) mass is 318 g/mol. The molecule has 0 bridgehead atoms. The minimum absolute atomic E-state index is 0.558. The lowest BCUT2D eigenvalue weighted by atomic mass is 9.95. The molecular formula is C17H19BrO. The van der Waals surface area contributed by atoms with Crippen LogP contribution in [0.3, 0.4) is 0 Å². The third kappa shape index (κ3) is 3.07. The Balaban J connectivity index is 2.37. The largest absolute Gasteiger partial charge is 0.384 e. The van der Waals surface area contributed by atoms with Crippen molar-refractivity contribution < 1.29 is 5.11 Å². The van der Waals surface area contributed by atoms with Crippen molar-refractivity contribution in [2.24, 2.45) is 0 Å². The van der Waals surface area contributed by atoms with Gasteiger partial charge in [-0.1, -0.05) is 53.2 Å². The van der Waals surface area contributed by atoms with E-state index in [-0.39, 0.29) is 0 Å². The Hall–Kier alpha value is -1.12. The molecule has 2 aromatic carbocycles. The molecular weight excluding hydrogens is 300 g/mol. The summed E-state index contributed by atoms with van der Waals surface area (Å²) < 4.78 is 1.09. The number of hydrogen-bond donors (Lipinski definition) is 1. The molecule has 2 rings (SSSR count). The van der Waals surface area contributed by atoms with Gasteiger partial charge in [-0.25, -0.2) is 0 Å². The van der Waals surface area contributed by atoms with Crippen LogP contribution in [0.1, 0.15) is 40.8 Å². The molecule has 0 aliphatic carbocycles. The Bertz CT molecular complexity index is 573. The van der Waals surface area contributed by atoms with Crippen LogP contribution in [0.15, 0.2) is 40.9 Å². The van der Waals surface area contributed by atoms with Crippen LogP contribution in [0.5, 0.6) is 0 Å². The second kappa shape index (κ2) is 5.89. The van der Waals surface area contributed by atoms with Crippen LogP contribution in [-0.2, 0) is 6.42 Å². The zero-order valence-electron chi connectivity index (χ0n) is 11.6. The SMILES string of the molecule is CCc1ccc(C(O)c2cc(C)c(Br)cc2C)cc1. The second-order valence-electron chi connectivity index (χ2n) is 4.96. The van der Waals surface area contributed by atoms with Crippen molar-refractivity contribution in [3.8, 4) is 0 Å². The molecule has 0 radical (unpaired) electrons. The quantitative estimate of drug-likeness (QED) is 0.868. The van der Waals surface area contributed by atoms with Crippen LogP contribution >= 0.6 is 15.9 Å². The van der Waals surface area contributed by atoms with E-state index in [1.807, 2.05) is 26.0 Å². The lowest BCUT2D eigenvalue weighted by Gasteiger charge is -2.16. The fourth-order valence-electron chi connectivity index (χ4n) is 2.21. The molecule has 1 unspecified atom stereocenters. The van der Waals surface area contributed by atoms with Gasteiger partial charge in [0.2, 0.25) is 0 Å². The maximum absolute atomic E-state index is 10.5. The molecule has 0 saturated carbocycles. The van der Waals surface area contributed by atoms with Gasteiger partial charge in [-0.05, 0) is 54.2 Å². The molecule has 0 saturated heterocycles. The topological polar surface area (TPSA) is 20.2 Å². The van der Waals surface area contributed by atoms with E-state index in [9.17, 15) is 5.11 Å².